The maximum absolute atomic E-state index is 13.6. The van der Waals surface area contributed by atoms with Gasteiger partial charge in [0, 0.05) is 50.7 Å². The van der Waals surface area contributed by atoms with Gasteiger partial charge in [-0.3, -0.25) is 14.5 Å². The minimum Gasteiger partial charge on any atom is -0.334 e. The lowest BCUT2D eigenvalue weighted by atomic mass is 10.00. The summed E-state index contributed by atoms with van der Waals surface area (Å²) in [5.74, 6) is 0.0674. The molecule has 2 aliphatic rings. The zero-order chi connectivity index (χ0) is 29.6. The number of aryl methyl sites for hydroxylation is 2. The van der Waals surface area contributed by atoms with Gasteiger partial charge in [-0.25, -0.2) is 0 Å². The quantitative estimate of drug-likeness (QED) is 0.328. The highest BCUT2D eigenvalue weighted by molar-refractivity contribution is 6.42. The summed E-state index contributed by atoms with van der Waals surface area (Å²) < 4.78 is 0. The molecule has 42 heavy (non-hydrogen) atoms. The number of piperazine rings is 1. The van der Waals surface area contributed by atoms with Crippen LogP contribution in [0.15, 0.2) is 66.7 Å². The van der Waals surface area contributed by atoms with Gasteiger partial charge >= 0.3 is 0 Å². The van der Waals surface area contributed by atoms with Gasteiger partial charge in [0.2, 0.25) is 5.91 Å². The van der Waals surface area contributed by atoms with Crippen molar-refractivity contribution in [2.45, 2.75) is 51.7 Å². The van der Waals surface area contributed by atoms with Crippen molar-refractivity contribution in [1.82, 2.24) is 20.0 Å². The topological polar surface area (TPSA) is 55.9 Å². The maximum atomic E-state index is 13.6. The van der Waals surface area contributed by atoms with Gasteiger partial charge in [-0.15, -0.1) is 0 Å². The van der Waals surface area contributed by atoms with E-state index in [1.807, 2.05) is 47.9 Å². The molecule has 1 unspecified atom stereocenters. The van der Waals surface area contributed by atoms with Gasteiger partial charge < -0.3 is 15.1 Å². The highest BCUT2D eigenvalue weighted by atomic mass is 35.5. The molecule has 2 saturated heterocycles. The summed E-state index contributed by atoms with van der Waals surface area (Å²) in [7, 11) is 0. The summed E-state index contributed by atoms with van der Waals surface area (Å²) >= 11 is 12.6. The standard InChI is InChI=1S/C34H40Cl2N4O2/c1-24-18-25(2)20-28(19-24)34(42)39-16-17-40(32(23-39)27-8-9-30(35)31(36)21-27)33(41)10-13-37-29-11-14-38(15-12-29)22-26-6-4-3-5-7-26/h3-9,18-21,29,32,37H,10-17,22-23H2,1-2H3. The molecule has 0 spiro atoms. The van der Waals surface area contributed by atoms with E-state index in [0.717, 1.165) is 49.2 Å². The van der Waals surface area contributed by atoms with Gasteiger partial charge in [-0.2, -0.15) is 0 Å². The van der Waals surface area contributed by atoms with Crippen LogP contribution in [0.3, 0.4) is 0 Å². The van der Waals surface area contributed by atoms with E-state index < -0.39 is 0 Å². The Kier molecular flexibility index (Phi) is 10.2. The Morgan fingerprint density at radius 1 is 0.857 bits per heavy atom. The first-order valence-electron chi connectivity index (χ1n) is 14.9. The molecule has 2 heterocycles. The molecule has 3 aromatic carbocycles. The predicted octanol–water partition coefficient (Wildman–Crippen LogP) is 6.28. The second kappa shape index (κ2) is 14.0. The Morgan fingerprint density at radius 2 is 1.57 bits per heavy atom. The fourth-order valence-electron chi connectivity index (χ4n) is 6.22. The van der Waals surface area contributed by atoms with Crippen LogP contribution in [0.1, 0.15) is 57.9 Å². The lowest BCUT2D eigenvalue weighted by Crippen LogP contribution is -2.53. The molecule has 2 fully saturated rings. The molecule has 0 saturated carbocycles. The normalized spacial score (nSPS) is 18.3. The third-order valence-electron chi connectivity index (χ3n) is 8.39. The smallest absolute Gasteiger partial charge is 0.254 e. The Labute approximate surface area is 259 Å². The fourth-order valence-corrected chi connectivity index (χ4v) is 6.52. The minimum absolute atomic E-state index is 0.0146. The number of benzene rings is 3. The van der Waals surface area contributed by atoms with Crippen LogP contribution >= 0.6 is 23.2 Å². The summed E-state index contributed by atoms with van der Waals surface area (Å²) in [6, 6.07) is 22.1. The third kappa shape index (κ3) is 7.73. The highest BCUT2D eigenvalue weighted by Gasteiger charge is 2.34. The van der Waals surface area contributed by atoms with E-state index in [9.17, 15) is 9.59 Å². The monoisotopic (exact) mass is 606 g/mol. The summed E-state index contributed by atoms with van der Waals surface area (Å²) in [4.78, 5) is 33.4. The number of hydrogen-bond acceptors (Lipinski definition) is 4. The molecule has 222 valence electrons. The number of nitrogens with zero attached hydrogens (tertiary/aromatic N) is 3. The van der Waals surface area contributed by atoms with Gasteiger partial charge in [0.25, 0.3) is 5.91 Å². The molecular weight excluding hydrogens is 567 g/mol. The summed E-state index contributed by atoms with van der Waals surface area (Å²) in [5, 5.41) is 4.54. The second-order valence-electron chi connectivity index (χ2n) is 11.6. The van der Waals surface area contributed by atoms with Gasteiger partial charge in [-0.05, 0) is 75.2 Å². The molecule has 3 aromatic rings. The van der Waals surface area contributed by atoms with E-state index in [1.165, 1.54) is 5.56 Å². The molecule has 1 atom stereocenters. The van der Waals surface area contributed by atoms with E-state index >= 15 is 0 Å². The zero-order valence-corrected chi connectivity index (χ0v) is 26.0. The Hall–Kier alpha value is -2.90. The Morgan fingerprint density at radius 3 is 2.26 bits per heavy atom. The minimum atomic E-state index is -0.294. The number of halogens is 2. The summed E-state index contributed by atoms with van der Waals surface area (Å²) in [6.45, 7) is 9.09. The van der Waals surface area contributed by atoms with Crippen molar-refractivity contribution in [2.24, 2.45) is 0 Å². The lowest BCUT2D eigenvalue weighted by molar-refractivity contribution is -0.135. The number of amides is 2. The van der Waals surface area contributed by atoms with Crippen LogP contribution in [0.25, 0.3) is 0 Å². The van der Waals surface area contributed by atoms with Crippen molar-refractivity contribution in [3.8, 4) is 0 Å². The van der Waals surface area contributed by atoms with Crippen LogP contribution in [-0.2, 0) is 11.3 Å². The molecule has 0 bridgehead atoms. The van der Waals surface area contributed by atoms with Gasteiger partial charge in [-0.1, -0.05) is 76.8 Å². The number of nitrogens with one attached hydrogen (secondary N) is 1. The van der Waals surface area contributed by atoms with Crippen LogP contribution < -0.4 is 5.32 Å². The van der Waals surface area contributed by atoms with Crippen LogP contribution in [0.5, 0.6) is 0 Å². The van der Waals surface area contributed by atoms with Crippen molar-refractivity contribution in [3.05, 3.63) is 105 Å². The molecule has 1 N–H and O–H groups in total. The van der Waals surface area contributed by atoms with E-state index in [1.54, 1.807) is 6.07 Å². The number of piperidine rings is 1. The molecule has 0 aliphatic carbocycles. The van der Waals surface area contributed by atoms with Gasteiger partial charge in [0.15, 0.2) is 0 Å². The van der Waals surface area contributed by atoms with E-state index in [-0.39, 0.29) is 17.9 Å². The first kappa shape index (κ1) is 30.6. The van der Waals surface area contributed by atoms with Crippen LogP contribution in [0.2, 0.25) is 10.0 Å². The molecule has 2 amide bonds. The van der Waals surface area contributed by atoms with Crippen molar-refractivity contribution < 1.29 is 9.59 Å². The number of hydrogen-bond donors (Lipinski definition) is 1. The number of carbonyl (C=O) groups is 2. The molecule has 8 heteroatoms. The van der Waals surface area contributed by atoms with Crippen LogP contribution in [0, 0.1) is 13.8 Å². The van der Waals surface area contributed by atoms with Crippen molar-refractivity contribution in [3.63, 3.8) is 0 Å². The molecule has 0 aromatic heterocycles. The van der Waals surface area contributed by atoms with Crippen molar-refractivity contribution in [2.75, 3.05) is 39.3 Å². The highest BCUT2D eigenvalue weighted by Crippen LogP contribution is 2.32. The largest absolute Gasteiger partial charge is 0.334 e. The molecule has 2 aliphatic heterocycles. The van der Waals surface area contributed by atoms with E-state index in [4.69, 9.17) is 23.2 Å². The molecule has 5 rings (SSSR count). The number of likely N-dealkylation sites (tertiary alicyclic amines) is 1. The van der Waals surface area contributed by atoms with Gasteiger partial charge in [0.1, 0.15) is 0 Å². The molecule has 6 nitrogen and oxygen atoms in total. The van der Waals surface area contributed by atoms with Crippen molar-refractivity contribution >= 4 is 35.0 Å². The van der Waals surface area contributed by atoms with Crippen LogP contribution in [0.4, 0.5) is 0 Å². The third-order valence-corrected chi connectivity index (χ3v) is 9.13. The number of rotatable bonds is 8. The Bertz CT molecular complexity index is 1370. The van der Waals surface area contributed by atoms with E-state index in [2.05, 4.69) is 46.6 Å². The van der Waals surface area contributed by atoms with E-state index in [0.29, 0.717) is 54.3 Å². The number of carbonyl (C=O) groups excluding carboxylic acids is 2. The van der Waals surface area contributed by atoms with Gasteiger partial charge in [0.05, 0.1) is 16.1 Å². The average Bonchev–Trinajstić information content (AvgIpc) is 2.99. The first-order valence-corrected chi connectivity index (χ1v) is 15.6. The summed E-state index contributed by atoms with van der Waals surface area (Å²) in [6.07, 6.45) is 2.56. The van der Waals surface area contributed by atoms with Crippen molar-refractivity contribution in [1.29, 1.82) is 0 Å². The lowest BCUT2D eigenvalue weighted by Gasteiger charge is -2.42. The average molecular weight is 608 g/mol. The zero-order valence-electron chi connectivity index (χ0n) is 24.5. The molecular formula is C34H40Cl2N4O2. The predicted molar refractivity (Wildman–Crippen MR) is 170 cm³/mol. The Balaban J connectivity index is 1.19. The summed E-state index contributed by atoms with van der Waals surface area (Å²) in [5.41, 5.74) is 5.03. The second-order valence-corrected chi connectivity index (χ2v) is 12.5. The maximum Gasteiger partial charge on any atom is 0.254 e. The first-order chi connectivity index (χ1) is 20.3. The molecule has 0 radical (unpaired) electrons. The van der Waals surface area contributed by atoms with Crippen LogP contribution in [-0.4, -0.2) is 71.8 Å². The fraction of sp³-hybridized carbons (Fsp3) is 0.412. The SMILES string of the molecule is Cc1cc(C)cc(C(=O)N2CCN(C(=O)CCNC3CCN(Cc4ccccc4)CC3)C(c3ccc(Cl)c(Cl)c3)C2)c1.